The number of nitrogens with one attached hydrogen (secondary N) is 1. The number of carbonyl (C=O) groups excluding carboxylic acids is 2. The van der Waals surface area contributed by atoms with E-state index < -0.39 is 23.4 Å². The van der Waals surface area contributed by atoms with Gasteiger partial charge in [0, 0.05) is 11.8 Å². The average molecular weight is 344 g/mol. The number of nitro groups is 1. The molecule has 0 atom stereocenters. The Kier molecular flexibility index (Phi) is 6.05. The molecule has 0 aliphatic carbocycles. The summed E-state index contributed by atoms with van der Waals surface area (Å²) in [4.78, 5) is 34.1. The highest BCUT2D eigenvalue weighted by molar-refractivity contribution is 5.95. The van der Waals surface area contributed by atoms with Crippen LogP contribution < -0.4 is 10.1 Å². The molecule has 0 spiro atoms. The van der Waals surface area contributed by atoms with Gasteiger partial charge in [-0.1, -0.05) is 18.2 Å². The van der Waals surface area contributed by atoms with Crippen molar-refractivity contribution >= 4 is 23.3 Å². The molecule has 0 saturated heterocycles. The van der Waals surface area contributed by atoms with Gasteiger partial charge >= 0.3 is 11.7 Å². The second-order valence-electron chi connectivity index (χ2n) is 4.86. The van der Waals surface area contributed by atoms with Gasteiger partial charge in [-0.3, -0.25) is 14.9 Å². The number of hydrogen-bond donors (Lipinski definition) is 1. The molecule has 0 radical (unpaired) electrons. The highest BCUT2D eigenvalue weighted by Crippen LogP contribution is 2.28. The molecule has 0 aliphatic heterocycles. The summed E-state index contributed by atoms with van der Waals surface area (Å²) in [5.74, 6) is -1.29. The molecule has 2 aromatic rings. The van der Waals surface area contributed by atoms with Gasteiger partial charge in [0.05, 0.1) is 17.1 Å². The summed E-state index contributed by atoms with van der Waals surface area (Å²) < 4.78 is 10.0. The number of anilines is 1. The van der Waals surface area contributed by atoms with E-state index in [1.807, 2.05) is 0 Å². The van der Waals surface area contributed by atoms with Crippen molar-refractivity contribution in [1.82, 2.24) is 0 Å². The maximum Gasteiger partial charge on any atom is 0.338 e. The van der Waals surface area contributed by atoms with Gasteiger partial charge in [0.1, 0.15) is 0 Å². The van der Waals surface area contributed by atoms with Crippen LogP contribution in [0.15, 0.2) is 48.5 Å². The van der Waals surface area contributed by atoms with Crippen molar-refractivity contribution in [3.63, 3.8) is 0 Å². The summed E-state index contributed by atoms with van der Waals surface area (Å²) in [5, 5.41) is 13.6. The van der Waals surface area contributed by atoms with Crippen molar-refractivity contribution < 1.29 is 24.0 Å². The zero-order chi connectivity index (χ0) is 18.2. The number of esters is 1. The highest BCUT2D eigenvalue weighted by Gasteiger charge is 2.19. The molecule has 1 N–H and O–H groups in total. The van der Waals surface area contributed by atoms with Gasteiger partial charge in [0.25, 0.3) is 5.91 Å². The fourth-order valence-electron chi connectivity index (χ4n) is 2.00. The predicted molar refractivity (Wildman–Crippen MR) is 89.6 cm³/mol. The molecule has 0 heterocycles. The van der Waals surface area contributed by atoms with Crippen molar-refractivity contribution in [3.05, 3.63) is 64.2 Å². The molecular formula is C17H16N2O6. The summed E-state index contributed by atoms with van der Waals surface area (Å²) in [5.41, 5.74) is 0.188. The Morgan fingerprint density at radius 2 is 1.88 bits per heavy atom. The molecule has 0 aromatic heterocycles. The average Bonchev–Trinajstić information content (AvgIpc) is 2.61. The fraction of sp³-hybridized carbons (Fsp3) is 0.176. The monoisotopic (exact) mass is 344 g/mol. The lowest BCUT2D eigenvalue weighted by molar-refractivity contribution is -0.385. The number of carbonyl (C=O) groups is 2. The van der Waals surface area contributed by atoms with Gasteiger partial charge in [0.2, 0.25) is 0 Å². The third-order valence-corrected chi connectivity index (χ3v) is 3.08. The number of nitrogens with zero attached hydrogens (tertiary/aromatic N) is 1. The molecule has 8 heteroatoms. The summed E-state index contributed by atoms with van der Waals surface area (Å²) in [6.45, 7) is 1.44. The van der Waals surface area contributed by atoms with E-state index >= 15 is 0 Å². The molecule has 8 nitrogen and oxygen atoms in total. The van der Waals surface area contributed by atoms with Crippen LogP contribution in [0.3, 0.4) is 0 Å². The second-order valence-corrected chi connectivity index (χ2v) is 4.86. The molecule has 2 aromatic carbocycles. The molecule has 130 valence electrons. The molecule has 0 bridgehead atoms. The normalized spacial score (nSPS) is 9.96. The topological polar surface area (TPSA) is 108 Å². The maximum atomic E-state index is 12.0. The zero-order valence-corrected chi connectivity index (χ0v) is 13.4. The number of para-hydroxylation sites is 1. The molecule has 0 unspecified atom stereocenters. The standard InChI is InChI=1S/C17H16N2O6/c1-2-24-15-9-8-12(10-14(15)19(22)23)17(21)25-11-16(20)18-13-6-4-3-5-7-13/h3-10H,2,11H2,1H3,(H,18,20). The summed E-state index contributed by atoms with van der Waals surface area (Å²) in [7, 11) is 0. The van der Waals surface area contributed by atoms with Crippen molar-refractivity contribution in [2.75, 3.05) is 18.5 Å². The minimum absolute atomic E-state index is 0.0392. The Morgan fingerprint density at radius 1 is 1.16 bits per heavy atom. The van der Waals surface area contributed by atoms with Crippen molar-refractivity contribution in [3.8, 4) is 5.75 Å². The van der Waals surface area contributed by atoms with Crippen LogP contribution in [0.2, 0.25) is 0 Å². The number of benzene rings is 2. The Bertz CT molecular complexity index is 776. The van der Waals surface area contributed by atoms with Crippen molar-refractivity contribution in [2.45, 2.75) is 6.92 Å². The smallest absolute Gasteiger partial charge is 0.338 e. The van der Waals surface area contributed by atoms with Crippen LogP contribution in [0.4, 0.5) is 11.4 Å². The summed E-state index contributed by atoms with van der Waals surface area (Å²) in [6.07, 6.45) is 0. The Balaban J connectivity index is 1.99. The Morgan fingerprint density at radius 3 is 2.52 bits per heavy atom. The van der Waals surface area contributed by atoms with Crippen LogP contribution in [0.25, 0.3) is 0 Å². The first-order valence-electron chi connectivity index (χ1n) is 7.44. The van der Waals surface area contributed by atoms with Gasteiger partial charge in [0.15, 0.2) is 12.4 Å². The number of rotatable bonds is 7. The maximum absolute atomic E-state index is 12.0. The summed E-state index contributed by atoms with van der Waals surface area (Å²) in [6, 6.07) is 12.4. The van der Waals surface area contributed by atoms with Gasteiger partial charge in [-0.05, 0) is 31.2 Å². The van der Waals surface area contributed by atoms with Gasteiger partial charge in [-0.15, -0.1) is 0 Å². The molecule has 0 saturated carbocycles. The number of ether oxygens (including phenoxy) is 2. The van der Waals surface area contributed by atoms with Gasteiger partial charge in [-0.2, -0.15) is 0 Å². The Hall–Kier alpha value is -3.42. The molecule has 0 fully saturated rings. The van der Waals surface area contributed by atoms with Crippen LogP contribution >= 0.6 is 0 Å². The minimum Gasteiger partial charge on any atom is -0.487 e. The van der Waals surface area contributed by atoms with Crippen molar-refractivity contribution in [1.29, 1.82) is 0 Å². The van der Waals surface area contributed by atoms with E-state index in [1.165, 1.54) is 12.1 Å². The van der Waals surface area contributed by atoms with E-state index in [2.05, 4.69) is 5.32 Å². The first-order valence-corrected chi connectivity index (χ1v) is 7.44. The van der Waals surface area contributed by atoms with Crippen LogP contribution in [-0.2, 0) is 9.53 Å². The van der Waals surface area contributed by atoms with E-state index in [9.17, 15) is 19.7 Å². The number of nitro benzene ring substituents is 1. The van der Waals surface area contributed by atoms with E-state index in [4.69, 9.17) is 9.47 Å². The first-order chi connectivity index (χ1) is 12.0. The predicted octanol–water partition coefficient (Wildman–Crippen LogP) is 2.79. The minimum atomic E-state index is -0.839. The third-order valence-electron chi connectivity index (χ3n) is 3.08. The lowest BCUT2D eigenvalue weighted by atomic mass is 10.2. The molecular weight excluding hydrogens is 328 g/mol. The largest absolute Gasteiger partial charge is 0.487 e. The highest BCUT2D eigenvalue weighted by atomic mass is 16.6. The lowest BCUT2D eigenvalue weighted by Crippen LogP contribution is -2.20. The summed E-state index contributed by atoms with van der Waals surface area (Å²) >= 11 is 0. The first kappa shape index (κ1) is 17.9. The van der Waals surface area contributed by atoms with Gasteiger partial charge in [-0.25, -0.2) is 4.79 Å². The van der Waals surface area contributed by atoms with Crippen LogP contribution in [-0.4, -0.2) is 30.0 Å². The van der Waals surface area contributed by atoms with Crippen LogP contribution in [0.1, 0.15) is 17.3 Å². The second kappa shape index (κ2) is 8.44. The fourth-order valence-corrected chi connectivity index (χ4v) is 2.00. The van der Waals surface area contributed by atoms with E-state index in [0.717, 1.165) is 6.07 Å². The lowest BCUT2D eigenvalue weighted by Gasteiger charge is -2.08. The molecule has 25 heavy (non-hydrogen) atoms. The van der Waals surface area contributed by atoms with Crippen LogP contribution in [0, 0.1) is 10.1 Å². The van der Waals surface area contributed by atoms with E-state index in [-0.39, 0.29) is 23.6 Å². The zero-order valence-electron chi connectivity index (χ0n) is 13.4. The van der Waals surface area contributed by atoms with E-state index in [0.29, 0.717) is 5.69 Å². The Labute approximate surface area is 143 Å². The molecule has 1 amide bonds. The van der Waals surface area contributed by atoms with Crippen LogP contribution in [0.5, 0.6) is 5.75 Å². The number of amides is 1. The van der Waals surface area contributed by atoms with E-state index in [1.54, 1.807) is 37.3 Å². The van der Waals surface area contributed by atoms with Gasteiger partial charge < -0.3 is 14.8 Å². The molecule has 0 aliphatic rings. The SMILES string of the molecule is CCOc1ccc(C(=O)OCC(=O)Nc2ccccc2)cc1[N+](=O)[O-]. The van der Waals surface area contributed by atoms with Crippen molar-refractivity contribution in [2.24, 2.45) is 0 Å². The third kappa shape index (κ3) is 5.03. The molecule has 2 rings (SSSR count). The quantitative estimate of drug-likeness (QED) is 0.470. The number of hydrogen-bond acceptors (Lipinski definition) is 6.